The molecule has 9 heteroatoms. The summed E-state index contributed by atoms with van der Waals surface area (Å²) in [6.45, 7) is 2.53. The molecule has 0 aliphatic carbocycles. The Balaban J connectivity index is 1.43. The summed E-state index contributed by atoms with van der Waals surface area (Å²) in [4.78, 5) is 31.5. The average Bonchev–Trinajstić information content (AvgIpc) is 3.47. The van der Waals surface area contributed by atoms with Crippen LogP contribution in [0.4, 0.5) is 0 Å². The van der Waals surface area contributed by atoms with Crippen LogP contribution in [0.2, 0.25) is 0 Å². The van der Waals surface area contributed by atoms with Gasteiger partial charge in [0.05, 0.1) is 24.5 Å². The van der Waals surface area contributed by atoms with Gasteiger partial charge in [0.1, 0.15) is 5.39 Å². The summed E-state index contributed by atoms with van der Waals surface area (Å²) in [7, 11) is 0. The highest BCUT2D eigenvalue weighted by molar-refractivity contribution is 7.99. The van der Waals surface area contributed by atoms with Crippen LogP contribution in [0.15, 0.2) is 57.9 Å². The maximum Gasteiger partial charge on any atom is 0.265 e. The van der Waals surface area contributed by atoms with Gasteiger partial charge in [-0.2, -0.15) is 5.10 Å². The summed E-state index contributed by atoms with van der Waals surface area (Å²) in [6, 6.07) is 11.7. The zero-order valence-electron chi connectivity index (χ0n) is 16.2. The largest absolute Gasteiger partial charge is 0.351 e. The minimum Gasteiger partial charge on any atom is -0.351 e. The van der Waals surface area contributed by atoms with Gasteiger partial charge in [-0.3, -0.25) is 14.2 Å². The van der Waals surface area contributed by atoms with Crippen LogP contribution in [0.5, 0.6) is 0 Å². The Morgan fingerprint density at radius 3 is 3.00 bits per heavy atom. The summed E-state index contributed by atoms with van der Waals surface area (Å²) in [5.74, 6) is 0.586. The zero-order valence-corrected chi connectivity index (χ0v) is 17.9. The standard InChI is InChI=1S/C21H19N5O2S2/c1-13-4-2-5-14(8-13)26-19-17(11-23-26)20(28)25-15(12-30-21(25)24-19)9-18(27)22-10-16-6-3-7-29-16/h2-8,11,15H,9-10,12H2,1H3,(H,22,27). The molecule has 0 radical (unpaired) electrons. The molecule has 3 aromatic heterocycles. The van der Waals surface area contributed by atoms with Crippen molar-refractivity contribution < 1.29 is 4.79 Å². The van der Waals surface area contributed by atoms with Crippen LogP contribution < -0.4 is 10.9 Å². The number of aromatic nitrogens is 4. The fraction of sp³-hybridized carbons (Fsp3) is 0.238. The third-order valence-electron chi connectivity index (χ3n) is 5.08. The van der Waals surface area contributed by atoms with Crippen molar-refractivity contribution in [1.29, 1.82) is 0 Å². The van der Waals surface area contributed by atoms with Gasteiger partial charge < -0.3 is 5.32 Å². The first kappa shape index (κ1) is 19.1. The third-order valence-corrected chi connectivity index (χ3v) is 7.05. The Morgan fingerprint density at radius 2 is 2.20 bits per heavy atom. The van der Waals surface area contributed by atoms with Crippen LogP contribution in [-0.2, 0) is 11.3 Å². The molecule has 0 spiro atoms. The monoisotopic (exact) mass is 437 g/mol. The van der Waals surface area contributed by atoms with E-state index in [0.29, 0.717) is 28.5 Å². The summed E-state index contributed by atoms with van der Waals surface area (Å²) in [5, 5.41) is 10.4. The first-order chi connectivity index (χ1) is 14.6. The molecule has 1 unspecified atom stereocenters. The summed E-state index contributed by atoms with van der Waals surface area (Å²) in [6.07, 6.45) is 1.82. The van der Waals surface area contributed by atoms with E-state index in [1.165, 1.54) is 11.8 Å². The summed E-state index contributed by atoms with van der Waals surface area (Å²) in [5.41, 5.74) is 2.38. The number of nitrogens with zero attached hydrogens (tertiary/aromatic N) is 4. The molecule has 4 aromatic rings. The van der Waals surface area contributed by atoms with E-state index < -0.39 is 0 Å². The topological polar surface area (TPSA) is 81.8 Å². The molecule has 1 amide bonds. The van der Waals surface area contributed by atoms with Gasteiger partial charge in [-0.05, 0) is 36.1 Å². The molecule has 4 heterocycles. The van der Waals surface area contributed by atoms with Crippen molar-refractivity contribution in [1.82, 2.24) is 24.6 Å². The zero-order chi connectivity index (χ0) is 20.7. The average molecular weight is 438 g/mol. The second-order valence-electron chi connectivity index (χ2n) is 7.23. The lowest BCUT2D eigenvalue weighted by molar-refractivity contribution is -0.121. The Morgan fingerprint density at radius 1 is 1.30 bits per heavy atom. The highest BCUT2D eigenvalue weighted by Gasteiger charge is 2.29. The minimum atomic E-state index is -0.208. The van der Waals surface area contributed by atoms with Crippen molar-refractivity contribution in [2.45, 2.75) is 31.1 Å². The van der Waals surface area contributed by atoms with Crippen molar-refractivity contribution in [2.24, 2.45) is 0 Å². The van der Waals surface area contributed by atoms with E-state index in [9.17, 15) is 9.59 Å². The number of carbonyl (C=O) groups is 1. The highest BCUT2D eigenvalue weighted by atomic mass is 32.2. The summed E-state index contributed by atoms with van der Waals surface area (Å²) < 4.78 is 3.35. The summed E-state index contributed by atoms with van der Waals surface area (Å²) >= 11 is 3.11. The van der Waals surface area contributed by atoms with Crippen LogP contribution in [0.25, 0.3) is 16.7 Å². The van der Waals surface area contributed by atoms with E-state index in [0.717, 1.165) is 16.1 Å². The number of thiophene rings is 1. The number of thioether (sulfide) groups is 1. The Kier molecular flexibility index (Phi) is 4.92. The maximum atomic E-state index is 13.2. The molecule has 1 aliphatic heterocycles. The van der Waals surface area contributed by atoms with Crippen molar-refractivity contribution in [3.63, 3.8) is 0 Å². The van der Waals surface area contributed by atoms with E-state index in [1.54, 1.807) is 26.8 Å². The molecule has 5 rings (SSSR count). The molecule has 30 heavy (non-hydrogen) atoms. The Bertz CT molecular complexity index is 1290. The van der Waals surface area contributed by atoms with Crippen LogP contribution in [-0.4, -0.2) is 31.0 Å². The van der Waals surface area contributed by atoms with Gasteiger partial charge >= 0.3 is 0 Å². The van der Waals surface area contributed by atoms with E-state index in [1.807, 2.05) is 48.7 Å². The number of aryl methyl sites for hydroxylation is 1. The molecule has 0 saturated heterocycles. The lowest BCUT2D eigenvalue weighted by Gasteiger charge is -2.13. The highest BCUT2D eigenvalue weighted by Crippen LogP contribution is 2.33. The minimum absolute atomic E-state index is 0.0655. The number of carbonyl (C=O) groups excluding carboxylic acids is 1. The molecule has 1 aromatic carbocycles. The van der Waals surface area contributed by atoms with Crippen molar-refractivity contribution in [2.75, 3.05) is 5.75 Å². The molecule has 1 N–H and O–H groups in total. The lowest BCUT2D eigenvalue weighted by Crippen LogP contribution is -2.30. The van der Waals surface area contributed by atoms with Crippen LogP contribution in [0.1, 0.15) is 22.9 Å². The fourth-order valence-corrected chi connectivity index (χ4v) is 5.39. The SMILES string of the molecule is Cc1cccc(-n2ncc3c(=O)n4c(nc32)SCC4CC(=O)NCc2cccs2)c1. The number of fused-ring (bicyclic) bond motifs is 2. The first-order valence-electron chi connectivity index (χ1n) is 9.59. The van der Waals surface area contributed by atoms with Gasteiger partial charge in [-0.1, -0.05) is 30.0 Å². The molecule has 152 valence electrons. The second-order valence-corrected chi connectivity index (χ2v) is 9.25. The number of hydrogen-bond acceptors (Lipinski definition) is 6. The number of benzene rings is 1. The number of hydrogen-bond donors (Lipinski definition) is 1. The molecule has 0 bridgehead atoms. The van der Waals surface area contributed by atoms with Gasteiger partial charge in [-0.25, -0.2) is 9.67 Å². The van der Waals surface area contributed by atoms with Gasteiger partial charge in [-0.15, -0.1) is 11.3 Å². The van der Waals surface area contributed by atoms with Crippen molar-refractivity contribution in [3.05, 3.63) is 68.8 Å². The van der Waals surface area contributed by atoms with E-state index in [4.69, 9.17) is 4.98 Å². The number of rotatable bonds is 5. The van der Waals surface area contributed by atoms with Crippen LogP contribution in [0, 0.1) is 6.92 Å². The molecular weight excluding hydrogens is 418 g/mol. The van der Waals surface area contributed by atoms with Gasteiger partial charge in [0.15, 0.2) is 10.8 Å². The Labute approximate surface area is 180 Å². The number of amides is 1. The second kappa shape index (κ2) is 7.73. The predicted molar refractivity (Wildman–Crippen MR) is 118 cm³/mol. The van der Waals surface area contributed by atoms with Crippen LogP contribution >= 0.6 is 23.1 Å². The normalized spacial score (nSPS) is 15.4. The fourth-order valence-electron chi connectivity index (χ4n) is 3.61. The predicted octanol–water partition coefficient (Wildman–Crippen LogP) is 3.31. The smallest absolute Gasteiger partial charge is 0.265 e. The molecule has 1 aliphatic rings. The van der Waals surface area contributed by atoms with E-state index >= 15 is 0 Å². The molecular formula is C21H19N5O2S2. The van der Waals surface area contributed by atoms with Crippen molar-refractivity contribution in [3.8, 4) is 5.69 Å². The Hall–Kier alpha value is -2.91. The number of nitrogens with one attached hydrogen (secondary N) is 1. The first-order valence-corrected chi connectivity index (χ1v) is 11.5. The quantitative estimate of drug-likeness (QED) is 0.485. The van der Waals surface area contributed by atoms with E-state index in [2.05, 4.69) is 10.4 Å². The van der Waals surface area contributed by atoms with E-state index in [-0.39, 0.29) is 23.9 Å². The van der Waals surface area contributed by atoms with Gasteiger partial charge in [0.25, 0.3) is 5.56 Å². The van der Waals surface area contributed by atoms with Crippen LogP contribution in [0.3, 0.4) is 0 Å². The molecule has 0 saturated carbocycles. The lowest BCUT2D eigenvalue weighted by atomic mass is 10.2. The van der Waals surface area contributed by atoms with Gasteiger partial charge in [0, 0.05) is 17.1 Å². The molecule has 1 atom stereocenters. The van der Waals surface area contributed by atoms with Crippen molar-refractivity contribution >= 4 is 40.0 Å². The molecule has 0 fully saturated rings. The van der Waals surface area contributed by atoms with Gasteiger partial charge in [0.2, 0.25) is 5.91 Å². The third kappa shape index (κ3) is 3.44. The maximum absolute atomic E-state index is 13.2. The molecule has 7 nitrogen and oxygen atoms in total.